The van der Waals surface area contributed by atoms with Crippen LogP contribution in [0.1, 0.15) is 0 Å². The van der Waals surface area contributed by atoms with Crippen molar-refractivity contribution in [3.05, 3.63) is 51.5 Å². The molecule has 0 aliphatic carbocycles. The first kappa shape index (κ1) is 19.6. The number of nitrogen functional groups attached to an aromatic ring is 2. The van der Waals surface area contributed by atoms with E-state index in [0.717, 1.165) is 0 Å². The molecule has 9 nitrogen and oxygen atoms in total. The summed E-state index contributed by atoms with van der Waals surface area (Å²) in [6, 6.07) is 8.28. The summed E-state index contributed by atoms with van der Waals surface area (Å²) in [4.78, 5) is 23.6. The molecule has 0 amide bonds. The van der Waals surface area contributed by atoms with Gasteiger partial charge in [-0.2, -0.15) is 0 Å². The minimum Gasteiger partial charge on any atom is -0.396 e. The fraction of sp³-hybridized carbons (Fsp3) is 0.118. The number of benzene rings is 1. The quantitative estimate of drug-likeness (QED) is 0.333. The number of hydrogen-bond donors (Lipinski definition) is 4. The number of nitroso groups, excluding NO2 is 1. The van der Waals surface area contributed by atoms with Crippen LogP contribution in [-0.4, -0.2) is 28.0 Å². The van der Waals surface area contributed by atoms with E-state index in [4.69, 9.17) is 34.7 Å². The zero-order chi connectivity index (χ0) is 20.1. The summed E-state index contributed by atoms with van der Waals surface area (Å²) in [5.41, 5.74) is 12.5. The van der Waals surface area contributed by atoms with E-state index in [-0.39, 0.29) is 17.3 Å². The zero-order valence-corrected chi connectivity index (χ0v) is 16.0. The Morgan fingerprint density at radius 2 is 1.75 bits per heavy atom. The number of hydrogen-bond acceptors (Lipinski definition) is 9. The molecule has 0 saturated heterocycles. The first-order chi connectivity index (χ1) is 13.5. The van der Waals surface area contributed by atoms with Gasteiger partial charge in [-0.05, 0) is 35.5 Å². The van der Waals surface area contributed by atoms with Crippen molar-refractivity contribution < 1.29 is 0 Å². The second-order valence-electron chi connectivity index (χ2n) is 5.67. The fourth-order valence-electron chi connectivity index (χ4n) is 2.36. The summed E-state index contributed by atoms with van der Waals surface area (Å²) >= 11 is 12.1. The average molecular weight is 419 g/mol. The normalized spacial score (nSPS) is 10.5. The Bertz CT molecular complexity index is 1010. The Balaban J connectivity index is 1.69. The number of nitrogens with two attached hydrogens (primary N) is 2. The van der Waals surface area contributed by atoms with Gasteiger partial charge in [-0.25, -0.2) is 15.0 Å². The SMILES string of the molecule is Nc1ccc(NCCNc2cnc(N=O)c(-c3ccc(Cl)cc3Cl)n2)nc1N. The maximum atomic E-state index is 11.1. The van der Waals surface area contributed by atoms with Crippen molar-refractivity contribution in [3.8, 4) is 11.3 Å². The highest BCUT2D eigenvalue weighted by molar-refractivity contribution is 6.36. The van der Waals surface area contributed by atoms with Crippen LogP contribution in [0.25, 0.3) is 11.3 Å². The van der Waals surface area contributed by atoms with E-state index in [1.807, 2.05) is 0 Å². The summed E-state index contributed by atoms with van der Waals surface area (Å²) in [5.74, 6) is 1.27. The van der Waals surface area contributed by atoms with E-state index in [1.54, 1.807) is 30.3 Å². The second kappa shape index (κ2) is 8.68. The van der Waals surface area contributed by atoms with Crippen molar-refractivity contribution in [2.24, 2.45) is 5.18 Å². The molecule has 0 saturated carbocycles. The highest BCUT2D eigenvalue weighted by atomic mass is 35.5. The van der Waals surface area contributed by atoms with E-state index in [1.165, 1.54) is 6.20 Å². The van der Waals surface area contributed by atoms with Crippen molar-refractivity contribution >= 4 is 52.2 Å². The third-order valence-corrected chi connectivity index (χ3v) is 4.27. The molecule has 6 N–H and O–H groups in total. The Kier molecular flexibility index (Phi) is 6.07. The van der Waals surface area contributed by atoms with Gasteiger partial charge < -0.3 is 22.1 Å². The highest BCUT2D eigenvalue weighted by Gasteiger charge is 2.14. The number of rotatable bonds is 7. The number of pyridine rings is 1. The Morgan fingerprint density at radius 3 is 2.43 bits per heavy atom. The summed E-state index contributed by atoms with van der Waals surface area (Å²) in [6.07, 6.45) is 1.42. The van der Waals surface area contributed by atoms with Gasteiger partial charge in [0.1, 0.15) is 23.1 Å². The lowest BCUT2D eigenvalue weighted by Gasteiger charge is -2.11. The van der Waals surface area contributed by atoms with Crippen LogP contribution in [0, 0.1) is 4.91 Å². The standard InChI is InChI=1S/C17H16Cl2N8O/c18-9-1-2-10(11(19)7-9)15-17(27-28)24-8-14(25-15)23-6-5-22-13-4-3-12(20)16(21)26-13/h1-4,7-8H,5-6,20H2,(H,23,25)(H3,21,22,26). The molecule has 0 atom stereocenters. The molecule has 28 heavy (non-hydrogen) atoms. The van der Waals surface area contributed by atoms with Crippen LogP contribution in [0.3, 0.4) is 0 Å². The smallest absolute Gasteiger partial charge is 0.223 e. The van der Waals surface area contributed by atoms with Crippen LogP contribution in [0.5, 0.6) is 0 Å². The van der Waals surface area contributed by atoms with Crippen LogP contribution < -0.4 is 22.1 Å². The van der Waals surface area contributed by atoms with Gasteiger partial charge >= 0.3 is 0 Å². The van der Waals surface area contributed by atoms with Gasteiger partial charge in [-0.3, -0.25) is 0 Å². The highest BCUT2D eigenvalue weighted by Crippen LogP contribution is 2.34. The molecule has 0 bridgehead atoms. The van der Waals surface area contributed by atoms with E-state index in [9.17, 15) is 4.91 Å². The summed E-state index contributed by atoms with van der Waals surface area (Å²) < 4.78 is 0. The lowest BCUT2D eigenvalue weighted by Crippen LogP contribution is -2.15. The average Bonchev–Trinajstić information content (AvgIpc) is 2.68. The van der Waals surface area contributed by atoms with Gasteiger partial charge in [0.2, 0.25) is 5.82 Å². The molecule has 2 heterocycles. The Hall–Kier alpha value is -3.17. The molecule has 0 radical (unpaired) electrons. The van der Waals surface area contributed by atoms with E-state index in [2.05, 4.69) is 30.8 Å². The van der Waals surface area contributed by atoms with Gasteiger partial charge in [0.15, 0.2) is 0 Å². The maximum absolute atomic E-state index is 11.1. The summed E-state index contributed by atoms with van der Waals surface area (Å²) in [6.45, 7) is 1.03. The van der Waals surface area contributed by atoms with Gasteiger partial charge in [0.05, 0.1) is 16.9 Å². The lowest BCUT2D eigenvalue weighted by atomic mass is 10.1. The summed E-state index contributed by atoms with van der Waals surface area (Å²) in [5, 5.41) is 9.94. The third kappa shape index (κ3) is 4.56. The molecular formula is C17H16Cl2N8O. The molecule has 144 valence electrons. The molecule has 11 heteroatoms. The van der Waals surface area contributed by atoms with Crippen molar-refractivity contribution in [2.45, 2.75) is 0 Å². The van der Waals surface area contributed by atoms with Crippen LogP contribution >= 0.6 is 23.2 Å². The van der Waals surface area contributed by atoms with Gasteiger partial charge in [-0.1, -0.05) is 23.2 Å². The first-order valence-corrected chi connectivity index (χ1v) is 8.89. The molecule has 0 aliphatic heterocycles. The van der Waals surface area contributed by atoms with Crippen molar-refractivity contribution in [1.29, 1.82) is 0 Å². The number of nitrogens with zero attached hydrogens (tertiary/aromatic N) is 4. The number of halogens is 2. The molecule has 0 aliphatic rings. The molecule has 3 aromatic rings. The minimum absolute atomic E-state index is 0.0607. The molecule has 0 unspecified atom stereocenters. The monoisotopic (exact) mass is 418 g/mol. The van der Waals surface area contributed by atoms with E-state index < -0.39 is 0 Å². The van der Waals surface area contributed by atoms with E-state index in [0.29, 0.717) is 46.0 Å². The minimum atomic E-state index is -0.0607. The summed E-state index contributed by atoms with van der Waals surface area (Å²) in [7, 11) is 0. The topological polar surface area (TPSA) is 144 Å². The van der Waals surface area contributed by atoms with E-state index >= 15 is 0 Å². The predicted octanol–water partition coefficient (Wildman–Crippen LogP) is 3.93. The molecule has 0 fully saturated rings. The van der Waals surface area contributed by atoms with Crippen LogP contribution in [0.15, 0.2) is 41.7 Å². The molecule has 3 rings (SSSR count). The van der Waals surface area contributed by atoms with Crippen LogP contribution in [0.4, 0.5) is 29.0 Å². The van der Waals surface area contributed by atoms with Crippen molar-refractivity contribution in [2.75, 3.05) is 35.2 Å². The zero-order valence-electron chi connectivity index (χ0n) is 14.5. The Morgan fingerprint density at radius 1 is 1.00 bits per heavy atom. The molecular weight excluding hydrogens is 403 g/mol. The third-order valence-electron chi connectivity index (χ3n) is 3.72. The maximum Gasteiger partial charge on any atom is 0.223 e. The predicted molar refractivity (Wildman–Crippen MR) is 113 cm³/mol. The van der Waals surface area contributed by atoms with Crippen molar-refractivity contribution in [1.82, 2.24) is 15.0 Å². The van der Waals surface area contributed by atoms with Gasteiger partial charge in [0, 0.05) is 23.7 Å². The van der Waals surface area contributed by atoms with Gasteiger partial charge in [-0.15, -0.1) is 4.91 Å². The van der Waals surface area contributed by atoms with Gasteiger partial charge in [0.25, 0.3) is 0 Å². The molecule has 2 aromatic heterocycles. The van der Waals surface area contributed by atoms with Crippen LogP contribution in [0.2, 0.25) is 10.0 Å². The first-order valence-electron chi connectivity index (χ1n) is 8.13. The molecule has 0 spiro atoms. The Labute approximate surface area is 170 Å². The van der Waals surface area contributed by atoms with Crippen molar-refractivity contribution in [3.63, 3.8) is 0 Å². The number of aromatic nitrogens is 3. The lowest BCUT2D eigenvalue weighted by molar-refractivity contribution is 1.04. The van der Waals surface area contributed by atoms with Crippen LogP contribution in [-0.2, 0) is 0 Å². The fourth-order valence-corrected chi connectivity index (χ4v) is 2.86. The number of anilines is 4. The number of nitrogens with one attached hydrogen (secondary N) is 2. The largest absolute Gasteiger partial charge is 0.396 e. The molecule has 1 aromatic carbocycles. The second-order valence-corrected chi connectivity index (χ2v) is 6.51.